The van der Waals surface area contributed by atoms with Gasteiger partial charge in [-0.05, 0) is 49.1 Å². The molecule has 0 aliphatic rings. The van der Waals surface area contributed by atoms with Crippen molar-refractivity contribution in [3.63, 3.8) is 0 Å². The smallest absolute Gasteiger partial charge is 0.243 e. The standard InChI is InChI=1S/C30H34Cl2N2O2S/c1-4-22(3)33-30(36)28(16-23-10-6-5-7-11-23)34(18-25-13-14-26(31)17-27(25)32)29(35)20-37-19-24-12-8-9-21(2)15-24/h5-15,17,22,28H,4,16,18-20H2,1-3H3,(H,33,36)/t22-,28-/m0/s1. The first kappa shape index (κ1) is 29.1. The maximum atomic E-state index is 13.7. The van der Waals surface area contributed by atoms with Crippen molar-refractivity contribution in [2.45, 2.75) is 58.0 Å². The van der Waals surface area contributed by atoms with Crippen LogP contribution < -0.4 is 5.32 Å². The number of halogens is 2. The van der Waals surface area contributed by atoms with E-state index in [1.54, 1.807) is 28.8 Å². The maximum absolute atomic E-state index is 13.7. The van der Waals surface area contributed by atoms with Crippen LogP contribution in [0.3, 0.4) is 0 Å². The molecule has 0 radical (unpaired) electrons. The number of carbonyl (C=O) groups is 2. The molecule has 2 atom stereocenters. The number of hydrogen-bond acceptors (Lipinski definition) is 3. The Morgan fingerprint density at radius 3 is 2.38 bits per heavy atom. The molecular weight excluding hydrogens is 523 g/mol. The van der Waals surface area contributed by atoms with Gasteiger partial charge in [0.15, 0.2) is 0 Å². The van der Waals surface area contributed by atoms with Gasteiger partial charge in [-0.2, -0.15) is 0 Å². The van der Waals surface area contributed by atoms with Crippen molar-refractivity contribution in [2.24, 2.45) is 0 Å². The van der Waals surface area contributed by atoms with Crippen molar-refractivity contribution in [2.75, 3.05) is 5.75 Å². The zero-order valence-corrected chi connectivity index (χ0v) is 23.9. The molecule has 3 rings (SSSR count). The first-order chi connectivity index (χ1) is 17.8. The van der Waals surface area contributed by atoms with E-state index in [4.69, 9.17) is 23.2 Å². The van der Waals surface area contributed by atoms with E-state index in [2.05, 4.69) is 30.4 Å². The number of benzene rings is 3. The van der Waals surface area contributed by atoms with Gasteiger partial charge in [0.25, 0.3) is 0 Å². The number of carbonyl (C=O) groups excluding carboxylic acids is 2. The van der Waals surface area contributed by atoms with Crippen LogP contribution in [0.15, 0.2) is 72.8 Å². The van der Waals surface area contributed by atoms with E-state index in [1.807, 2.05) is 56.3 Å². The lowest BCUT2D eigenvalue weighted by atomic mass is 10.0. The molecule has 0 bridgehead atoms. The lowest BCUT2D eigenvalue weighted by Crippen LogP contribution is -2.52. The van der Waals surface area contributed by atoms with Crippen molar-refractivity contribution in [3.8, 4) is 0 Å². The fourth-order valence-electron chi connectivity index (χ4n) is 3.97. The summed E-state index contributed by atoms with van der Waals surface area (Å²) in [5.74, 6) is 0.691. The Balaban J connectivity index is 1.89. The number of rotatable bonds is 12. The van der Waals surface area contributed by atoms with Crippen LogP contribution in [-0.2, 0) is 28.3 Å². The van der Waals surface area contributed by atoms with Crippen LogP contribution in [-0.4, -0.2) is 34.6 Å². The predicted molar refractivity (Wildman–Crippen MR) is 156 cm³/mol. The Hall–Kier alpha value is -2.47. The largest absolute Gasteiger partial charge is 0.352 e. The molecule has 0 saturated carbocycles. The molecule has 0 aliphatic carbocycles. The molecule has 2 amide bonds. The monoisotopic (exact) mass is 556 g/mol. The zero-order valence-electron chi connectivity index (χ0n) is 21.5. The van der Waals surface area contributed by atoms with Gasteiger partial charge >= 0.3 is 0 Å². The van der Waals surface area contributed by atoms with E-state index in [1.165, 1.54) is 11.1 Å². The first-order valence-corrected chi connectivity index (χ1v) is 14.4. The Morgan fingerprint density at radius 2 is 1.70 bits per heavy atom. The molecule has 37 heavy (non-hydrogen) atoms. The van der Waals surface area contributed by atoms with Gasteiger partial charge in [-0.3, -0.25) is 9.59 Å². The molecule has 4 nitrogen and oxygen atoms in total. The highest BCUT2D eigenvalue weighted by molar-refractivity contribution is 7.99. The maximum Gasteiger partial charge on any atom is 0.243 e. The van der Waals surface area contributed by atoms with Gasteiger partial charge in [0.1, 0.15) is 6.04 Å². The summed E-state index contributed by atoms with van der Waals surface area (Å²) in [5.41, 5.74) is 4.09. The number of hydrogen-bond donors (Lipinski definition) is 1. The zero-order chi connectivity index (χ0) is 26.8. The lowest BCUT2D eigenvalue weighted by Gasteiger charge is -2.32. The molecule has 3 aromatic rings. The Labute approximate surface area is 234 Å². The third-order valence-electron chi connectivity index (χ3n) is 6.20. The van der Waals surface area contributed by atoms with Crippen LogP contribution in [0.4, 0.5) is 0 Å². The van der Waals surface area contributed by atoms with E-state index in [0.717, 1.165) is 17.5 Å². The van der Waals surface area contributed by atoms with Crippen LogP contribution in [0.5, 0.6) is 0 Å². The number of amides is 2. The van der Waals surface area contributed by atoms with E-state index in [0.29, 0.717) is 22.2 Å². The first-order valence-electron chi connectivity index (χ1n) is 12.5. The predicted octanol–water partition coefficient (Wildman–Crippen LogP) is 7.09. The number of nitrogens with one attached hydrogen (secondary N) is 1. The quantitative estimate of drug-likeness (QED) is 0.259. The van der Waals surface area contributed by atoms with Crippen molar-refractivity contribution in [1.82, 2.24) is 10.2 Å². The molecule has 0 unspecified atom stereocenters. The average Bonchev–Trinajstić information content (AvgIpc) is 2.87. The number of nitrogens with zero attached hydrogens (tertiary/aromatic N) is 1. The van der Waals surface area contributed by atoms with Crippen LogP contribution in [0.2, 0.25) is 10.0 Å². The summed E-state index contributed by atoms with van der Waals surface area (Å²) in [4.78, 5) is 29.0. The Bertz CT molecular complexity index is 1190. The van der Waals surface area contributed by atoms with Crippen molar-refractivity contribution in [3.05, 3.63) is 105 Å². The summed E-state index contributed by atoms with van der Waals surface area (Å²) in [6.07, 6.45) is 1.20. The summed E-state index contributed by atoms with van der Waals surface area (Å²) in [7, 11) is 0. The normalized spacial score (nSPS) is 12.6. The van der Waals surface area contributed by atoms with Gasteiger partial charge in [-0.25, -0.2) is 0 Å². The number of thioether (sulfide) groups is 1. The molecule has 0 aliphatic heterocycles. The van der Waals surface area contributed by atoms with Gasteiger partial charge < -0.3 is 10.2 Å². The Kier molecular flexibility index (Phi) is 11.4. The number of aryl methyl sites for hydroxylation is 1. The summed E-state index contributed by atoms with van der Waals surface area (Å²) in [6.45, 7) is 6.26. The third-order valence-corrected chi connectivity index (χ3v) is 7.78. The molecule has 1 N–H and O–H groups in total. The average molecular weight is 558 g/mol. The summed E-state index contributed by atoms with van der Waals surface area (Å²) >= 11 is 14.2. The third kappa shape index (κ3) is 9.10. The van der Waals surface area contributed by atoms with Gasteiger partial charge in [-0.15, -0.1) is 11.8 Å². The minimum Gasteiger partial charge on any atom is -0.352 e. The van der Waals surface area contributed by atoms with Crippen LogP contribution >= 0.6 is 35.0 Å². The van der Waals surface area contributed by atoms with E-state index in [-0.39, 0.29) is 30.2 Å². The highest BCUT2D eigenvalue weighted by atomic mass is 35.5. The van der Waals surface area contributed by atoms with Crippen LogP contribution in [0, 0.1) is 6.92 Å². The highest BCUT2D eigenvalue weighted by Gasteiger charge is 2.31. The molecule has 3 aromatic carbocycles. The molecule has 0 fully saturated rings. The minimum atomic E-state index is -0.685. The summed E-state index contributed by atoms with van der Waals surface area (Å²) in [6, 6.07) is 22.6. The van der Waals surface area contributed by atoms with E-state index >= 15 is 0 Å². The fraction of sp³-hybridized carbons (Fsp3) is 0.333. The summed E-state index contributed by atoms with van der Waals surface area (Å²) < 4.78 is 0. The molecule has 196 valence electrons. The second kappa shape index (κ2) is 14.5. The minimum absolute atomic E-state index is 0.00228. The van der Waals surface area contributed by atoms with Gasteiger partial charge in [0.2, 0.25) is 11.8 Å². The van der Waals surface area contributed by atoms with Crippen molar-refractivity contribution >= 4 is 46.8 Å². The topological polar surface area (TPSA) is 49.4 Å². The lowest BCUT2D eigenvalue weighted by molar-refractivity contribution is -0.139. The van der Waals surface area contributed by atoms with Crippen LogP contribution in [0.1, 0.15) is 42.5 Å². The van der Waals surface area contributed by atoms with Crippen molar-refractivity contribution in [1.29, 1.82) is 0 Å². The second-order valence-corrected chi connectivity index (χ2v) is 11.1. The molecule has 0 aromatic heterocycles. The molecule has 7 heteroatoms. The highest BCUT2D eigenvalue weighted by Crippen LogP contribution is 2.25. The molecule has 0 saturated heterocycles. The van der Waals surface area contributed by atoms with Crippen LogP contribution in [0.25, 0.3) is 0 Å². The SMILES string of the molecule is CC[C@H](C)NC(=O)[C@H](Cc1ccccc1)N(Cc1ccc(Cl)cc1Cl)C(=O)CSCc1cccc(C)c1. The van der Waals surface area contributed by atoms with Gasteiger partial charge in [-0.1, -0.05) is 96.4 Å². The fourth-order valence-corrected chi connectivity index (χ4v) is 5.30. The van der Waals surface area contributed by atoms with Crippen molar-refractivity contribution < 1.29 is 9.59 Å². The van der Waals surface area contributed by atoms with Gasteiger partial charge in [0.05, 0.1) is 5.75 Å². The van der Waals surface area contributed by atoms with E-state index in [9.17, 15) is 9.59 Å². The van der Waals surface area contributed by atoms with E-state index < -0.39 is 6.04 Å². The molecule has 0 spiro atoms. The Morgan fingerprint density at radius 1 is 0.973 bits per heavy atom. The molecule has 0 heterocycles. The second-order valence-electron chi connectivity index (χ2n) is 9.26. The van der Waals surface area contributed by atoms with Gasteiger partial charge in [0, 0.05) is 34.8 Å². The summed E-state index contributed by atoms with van der Waals surface area (Å²) in [5, 5.41) is 4.08. The molecular formula is C30H34Cl2N2O2S.